The lowest BCUT2D eigenvalue weighted by Crippen LogP contribution is -2.23. The van der Waals surface area contributed by atoms with Crippen LogP contribution in [-0.4, -0.2) is 15.7 Å². The minimum atomic E-state index is 0.0432. The summed E-state index contributed by atoms with van der Waals surface area (Å²) < 4.78 is 3.45. The zero-order valence-electron chi connectivity index (χ0n) is 12.5. The molecule has 1 aromatic carbocycles. The SMILES string of the molecule is CCCNC(c1ccc2c(c1)n(C)c(=O)n2C)C1CC1. The molecule has 0 radical (unpaired) electrons. The van der Waals surface area contributed by atoms with Crippen molar-refractivity contribution in [3.8, 4) is 0 Å². The van der Waals surface area contributed by atoms with Crippen molar-refractivity contribution in [2.75, 3.05) is 6.54 Å². The molecular formula is C16H23N3O. The Morgan fingerprint density at radius 1 is 1.25 bits per heavy atom. The van der Waals surface area contributed by atoms with Gasteiger partial charge in [-0.3, -0.25) is 9.13 Å². The Hall–Kier alpha value is -1.55. The van der Waals surface area contributed by atoms with Gasteiger partial charge in [0.2, 0.25) is 0 Å². The minimum absolute atomic E-state index is 0.0432. The van der Waals surface area contributed by atoms with Crippen LogP contribution in [0.5, 0.6) is 0 Å². The normalized spacial score (nSPS) is 16.8. The summed E-state index contributed by atoms with van der Waals surface area (Å²) in [5.41, 5.74) is 3.39. The van der Waals surface area contributed by atoms with Crippen molar-refractivity contribution in [2.45, 2.75) is 32.2 Å². The first kappa shape index (κ1) is 13.4. The maximum absolute atomic E-state index is 12.0. The van der Waals surface area contributed by atoms with E-state index in [4.69, 9.17) is 0 Å². The molecule has 4 nitrogen and oxygen atoms in total. The van der Waals surface area contributed by atoms with E-state index in [2.05, 4.69) is 30.4 Å². The highest BCUT2D eigenvalue weighted by Gasteiger charge is 2.32. The number of hydrogen-bond acceptors (Lipinski definition) is 2. The van der Waals surface area contributed by atoms with E-state index in [1.54, 1.807) is 9.13 Å². The molecule has 1 aliphatic rings. The van der Waals surface area contributed by atoms with Gasteiger partial charge in [-0.25, -0.2) is 4.79 Å². The van der Waals surface area contributed by atoms with Crippen LogP contribution in [-0.2, 0) is 14.1 Å². The van der Waals surface area contributed by atoms with Crippen molar-refractivity contribution in [3.05, 3.63) is 34.2 Å². The fourth-order valence-corrected chi connectivity index (χ4v) is 3.00. The number of aromatic nitrogens is 2. The van der Waals surface area contributed by atoms with Gasteiger partial charge in [-0.05, 0) is 49.4 Å². The van der Waals surface area contributed by atoms with Crippen LogP contribution in [0, 0.1) is 5.92 Å². The predicted molar refractivity (Wildman–Crippen MR) is 81.9 cm³/mol. The quantitative estimate of drug-likeness (QED) is 0.908. The molecule has 4 heteroatoms. The third-order valence-electron chi connectivity index (χ3n) is 4.36. The van der Waals surface area contributed by atoms with E-state index in [0.717, 1.165) is 29.9 Å². The van der Waals surface area contributed by atoms with Crippen LogP contribution in [0.4, 0.5) is 0 Å². The summed E-state index contributed by atoms with van der Waals surface area (Å²) in [7, 11) is 3.68. The van der Waals surface area contributed by atoms with Crippen LogP contribution in [0.15, 0.2) is 23.0 Å². The molecule has 1 N–H and O–H groups in total. The average Bonchev–Trinajstić information content (AvgIpc) is 3.27. The number of hydrogen-bond donors (Lipinski definition) is 1. The zero-order chi connectivity index (χ0) is 14.3. The minimum Gasteiger partial charge on any atom is -0.310 e. The van der Waals surface area contributed by atoms with E-state index >= 15 is 0 Å². The molecule has 0 bridgehead atoms. The third-order valence-corrected chi connectivity index (χ3v) is 4.36. The van der Waals surface area contributed by atoms with Crippen molar-refractivity contribution >= 4 is 11.0 Å². The molecule has 1 aromatic heterocycles. The standard InChI is InChI=1S/C16H23N3O/c1-4-9-17-15(11-5-6-11)12-7-8-13-14(10-12)19(3)16(20)18(13)2/h7-8,10-11,15,17H,4-6,9H2,1-3H3. The second kappa shape index (κ2) is 5.09. The molecule has 0 spiro atoms. The van der Waals surface area contributed by atoms with Crippen LogP contribution < -0.4 is 11.0 Å². The first-order chi connectivity index (χ1) is 9.63. The van der Waals surface area contributed by atoms with Gasteiger partial charge in [0.15, 0.2) is 0 Å². The summed E-state index contributed by atoms with van der Waals surface area (Å²) in [6.07, 6.45) is 3.77. The molecule has 3 rings (SSSR count). The number of benzene rings is 1. The van der Waals surface area contributed by atoms with Gasteiger partial charge in [0.1, 0.15) is 0 Å². The van der Waals surface area contributed by atoms with Crippen LogP contribution in [0.2, 0.25) is 0 Å². The number of imidazole rings is 1. The summed E-state index contributed by atoms with van der Waals surface area (Å²) in [6.45, 7) is 3.24. The number of aryl methyl sites for hydroxylation is 2. The highest BCUT2D eigenvalue weighted by Crippen LogP contribution is 2.41. The lowest BCUT2D eigenvalue weighted by atomic mass is 10.0. The maximum atomic E-state index is 12.0. The van der Waals surface area contributed by atoms with Crippen LogP contribution in [0.1, 0.15) is 37.8 Å². The molecule has 108 valence electrons. The average molecular weight is 273 g/mol. The predicted octanol–water partition coefficient (Wildman–Crippen LogP) is 2.33. The Bertz CT molecular complexity index is 679. The molecule has 0 aliphatic heterocycles. The van der Waals surface area contributed by atoms with Gasteiger partial charge >= 0.3 is 5.69 Å². The zero-order valence-corrected chi connectivity index (χ0v) is 12.5. The Morgan fingerprint density at radius 3 is 2.60 bits per heavy atom. The topological polar surface area (TPSA) is 39.0 Å². The number of nitrogens with one attached hydrogen (secondary N) is 1. The van der Waals surface area contributed by atoms with E-state index in [-0.39, 0.29) is 5.69 Å². The van der Waals surface area contributed by atoms with Crippen molar-refractivity contribution in [1.29, 1.82) is 0 Å². The lowest BCUT2D eigenvalue weighted by molar-refractivity contribution is 0.481. The third kappa shape index (κ3) is 2.18. The van der Waals surface area contributed by atoms with Crippen molar-refractivity contribution in [2.24, 2.45) is 20.0 Å². The second-order valence-electron chi connectivity index (χ2n) is 5.92. The lowest BCUT2D eigenvalue weighted by Gasteiger charge is -2.18. The van der Waals surface area contributed by atoms with Gasteiger partial charge in [-0.2, -0.15) is 0 Å². The smallest absolute Gasteiger partial charge is 0.310 e. The summed E-state index contributed by atoms with van der Waals surface area (Å²) in [5, 5.41) is 3.66. The highest BCUT2D eigenvalue weighted by atomic mass is 16.1. The highest BCUT2D eigenvalue weighted by molar-refractivity contribution is 5.77. The largest absolute Gasteiger partial charge is 0.328 e. The molecule has 1 fully saturated rings. The van der Waals surface area contributed by atoms with E-state index in [1.165, 1.54) is 18.4 Å². The van der Waals surface area contributed by atoms with E-state index in [0.29, 0.717) is 6.04 Å². The first-order valence-electron chi connectivity index (χ1n) is 7.52. The fourth-order valence-electron chi connectivity index (χ4n) is 3.00. The molecule has 1 aliphatic carbocycles. The van der Waals surface area contributed by atoms with Gasteiger partial charge in [0.25, 0.3) is 0 Å². The summed E-state index contributed by atoms with van der Waals surface area (Å²) in [5.74, 6) is 0.764. The van der Waals surface area contributed by atoms with Gasteiger partial charge in [-0.1, -0.05) is 13.0 Å². The molecule has 2 aromatic rings. The fraction of sp³-hybridized carbons (Fsp3) is 0.562. The molecule has 1 saturated carbocycles. The Kier molecular flexibility index (Phi) is 3.42. The molecule has 1 atom stereocenters. The van der Waals surface area contributed by atoms with E-state index in [9.17, 15) is 4.79 Å². The Balaban J connectivity index is 2.02. The van der Waals surface area contributed by atoms with Crippen molar-refractivity contribution < 1.29 is 0 Å². The molecule has 1 unspecified atom stereocenters. The van der Waals surface area contributed by atoms with Crippen molar-refractivity contribution in [1.82, 2.24) is 14.5 Å². The van der Waals surface area contributed by atoms with Gasteiger partial charge < -0.3 is 5.32 Å². The van der Waals surface area contributed by atoms with Crippen LogP contribution in [0.3, 0.4) is 0 Å². The Morgan fingerprint density at radius 2 is 1.95 bits per heavy atom. The van der Waals surface area contributed by atoms with Crippen LogP contribution >= 0.6 is 0 Å². The number of nitrogens with zero attached hydrogens (tertiary/aromatic N) is 2. The molecular weight excluding hydrogens is 250 g/mol. The van der Waals surface area contributed by atoms with E-state index < -0.39 is 0 Å². The summed E-state index contributed by atoms with van der Waals surface area (Å²) in [4.78, 5) is 12.0. The number of rotatable bonds is 5. The molecule has 20 heavy (non-hydrogen) atoms. The van der Waals surface area contributed by atoms with E-state index in [1.807, 2.05) is 14.1 Å². The van der Waals surface area contributed by atoms with Gasteiger partial charge in [0.05, 0.1) is 11.0 Å². The maximum Gasteiger partial charge on any atom is 0.328 e. The molecule has 0 saturated heterocycles. The van der Waals surface area contributed by atoms with Gasteiger partial charge in [0, 0.05) is 20.1 Å². The van der Waals surface area contributed by atoms with Crippen molar-refractivity contribution in [3.63, 3.8) is 0 Å². The van der Waals surface area contributed by atoms with Gasteiger partial charge in [-0.15, -0.1) is 0 Å². The second-order valence-corrected chi connectivity index (χ2v) is 5.92. The number of fused-ring (bicyclic) bond motifs is 1. The summed E-state index contributed by atoms with van der Waals surface area (Å²) >= 11 is 0. The molecule has 1 heterocycles. The molecule has 0 amide bonds. The summed E-state index contributed by atoms with van der Waals surface area (Å²) in [6, 6.07) is 6.87. The van der Waals surface area contributed by atoms with Crippen LogP contribution in [0.25, 0.3) is 11.0 Å². The first-order valence-corrected chi connectivity index (χ1v) is 7.52. The Labute approximate surface area is 119 Å². The monoisotopic (exact) mass is 273 g/mol.